The van der Waals surface area contributed by atoms with Crippen molar-refractivity contribution in [2.45, 2.75) is 44.1 Å². The van der Waals surface area contributed by atoms with Crippen molar-refractivity contribution < 1.29 is 15.3 Å². The molecule has 3 N–H and O–H groups in total. The largest absolute Gasteiger partial charge is 0.469 e. The van der Waals surface area contributed by atoms with Crippen molar-refractivity contribution in [1.82, 2.24) is 0 Å². The van der Waals surface area contributed by atoms with Crippen molar-refractivity contribution in [2.24, 2.45) is 17.3 Å². The van der Waals surface area contributed by atoms with Gasteiger partial charge in [-0.3, -0.25) is 4.79 Å². The molecule has 2 unspecified atom stereocenters. The fourth-order valence-electron chi connectivity index (χ4n) is 4.91. The Morgan fingerprint density at radius 3 is 2.33 bits per heavy atom. The first-order chi connectivity index (χ1) is 7.05. The van der Waals surface area contributed by atoms with Crippen molar-refractivity contribution in [2.75, 3.05) is 7.11 Å². The Morgan fingerprint density at radius 1 is 1.27 bits per heavy atom. The topological polar surface area (TPSA) is 53.9 Å². The zero-order valence-corrected chi connectivity index (χ0v) is 9.42. The van der Waals surface area contributed by atoms with Gasteiger partial charge in [0.25, 0.3) is 0 Å². The lowest BCUT2D eigenvalue weighted by molar-refractivity contribution is -0.508. The Morgan fingerprint density at radius 2 is 1.87 bits per heavy atom. The molecule has 4 saturated carbocycles. The average molecular weight is 210 g/mol. The zero-order valence-electron chi connectivity index (χ0n) is 9.42. The first kappa shape index (κ1) is 9.64. The maximum atomic E-state index is 12.0. The van der Waals surface area contributed by atoms with Crippen molar-refractivity contribution in [1.29, 1.82) is 0 Å². The van der Waals surface area contributed by atoms with E-state index in [1.807, 2.05) is 0 Å². The molecule has 4 atom stereocenters. The standard InChI is InChI=1S/C12H19NO2/c1-15-10(14)11-3-8-2-9(4-11)6-12(13,5-8)7-11/h8-9H,2-7,13H2,1H3/p+1/t8-,9+,11?,12?. The molecule has 0 saturated heterocycles. The van der Waals surface area contributed by atoms with Gasteiger partial charge in [0.15, 0.2) is 0 Å². The predicted octanol–water partition coefficient (Wildman–Crippen LogP) is 0.740. The highest BCUT2D eigenvalue weighted by molar-refractivity contribution is 5.77. The summed E-state index contributed by atoms with van der Waals surface area (Å²) in [4.78, 5) is 12.0. The van der Waals surface area contributed by atoms with E-state index in [1.165, 1.54) is 26.4 Å². The van der Waals surface area contributed by atoms with E-state index in [2.05, 4.69) is 5.73 Å². The lowest BCUT2D eigenvalue weighted by Gasteiger charge is -2.57. The second-order valence-corrected chi connectivity index (χ2v) is 6.23. The molecular weight excluding hydrogens is 190 g/mol. The molecule has 4 rings (SSSR count). The Hall–Kier alpha value is -0.570. The van der Waals surface area contributed by atoms with Crippen molar-refractivity contribution in [3.05, 3.63) is 0 Å². The third-order valence-electron chi connectivity index (χ3n) is 4.80. The van der Waals surface area contributed by atoms with Crippen LogP contribution in [-0.4, -0.2) is 18.6 Å². The maximum Gasteiger partial charge on any atom is 0.312 e. The lowest BCUT2D eigenvalue weighted by Crippen LogP contribution is -2.80. The van der Waals surface area contributed by atoms with Gasteiger partial charge < -0.3 is 10.5 Å². The molecule has 0 aromatic rings. The van der Waals surface area contributed by atoms with Crippen LogP contribution in [0, 0.1) is 17.3 Å². The molecule has 3 heteroatoms. The van der Waals surface area contributed by atoms with Crippen LogP contribution in [0.4, 0.5) is 0 Å². The van der Waals surface area contributed by atoms with Gasteiger partial charge in [0, 0.05) is 19.3 Å². The fourth-order valence-corrected chi connectivity index (χ4v) is 4.91. The molecule has 15 heavy (non-hydrogen) atoms. The Bertz CT molecular complexity index is 299. The summed E-state index contributed by atoms with van der Waals surface area (Å²) in [7, 11) is 1.52. The van der Waals surface area contributed by atoms with Gasteiger partial charge in [-0.05, 0) is 31.1 Å². The summed E-state index contributed by atoms with van der Waals surface area (Å²) in [6.45, 7) is 0. The van der Waals surface area contributed by atoms with Crippen molar-refractivity contribution in [3.63, 3.8) is 0 Å². The van der Waals surface area contributed by atoms with E-state index in [9.17, 15) is 4.79 Å². The normalized spacial score (nSPS) is 51.9. The van der Waals surface area contributed by atoms with Gasteiger partial charge in [0.2, 0.25) is 0 Å². The first-order valence-corrected chi connectivity index (χ1v) is 5.99. The van der Waals surface area contributed by atoms with E-state index < -0.39 is 0 Å². The summed E-state index contributed by atoms with van der Waals surface area (Å²) < 4.78 is 5.01. The lowest BCUT2D eigenvalue weighted by atomic mass is 9.47. The van der Waals surface area contributed by atoms with Crippen LogP contribution < -0.4 is 5.73 Å². The molecule has 4 aliphatic rings. The molecule has 0 radical (unpaired) electrons. The van der Waals surface area contributed by atoms with Crippen LogP contribution in [0.5, 0.6) is 0 Å². The molecule has 0 aliphatic heterocycles. The van der Waals surface area contributed by atoms with Crippen LogP contribution in [0.2, 0.25) is 0 Å². The monoisotopic (exact) mass is 210 g/mol. The maximum absolute atomic E-state index is 12.0. The van der Waals surface area contributed by atoms with Gasteiger partial charge in [0.05, 0.1) is 18.1 Å². The molecule has 84 valence electrons. The van der Waals surface area contributed by atoms with E-state index in [0.29, 0.717) is 0 Å². The molecule has 4 bridgehead atoms. The van der Waals surface area contributed by atoms with E-state index in [0.717, 1.165) is 31.1 Å². The summed E-state index contributed by atoms with van der Waals surface area (Å²) in [5.74, 6) is 1.51. The van der Waals surface area contributed by atoms with Gasteiger partial charge in [-0.1, -0.05) is 0 Å². The Kier molecular flexibility index (Phi) is 1.77. The second kappa shape index (κ2) is 2.76. The summed E-state index contributed by atoms with van der Waals surface area (Å²) in [6, 6.07) is 0. The van der Waals surface area contributed by atoms with Crippen molar-refractivity contribution in [3.8, 4) is 0 Å². The van der Waals surface area contributed by atoms with E-state index in [4.69, 9.17) is 4.74 Å². The predicted molar refractivity (Wildman–Crippen MR) is 54.8 cm³/mol. The number of hydrogen-bond acceptors (Lipinski definition) is 2. The van der Waals surface area contributed by atoms with Gasteiger partial charge >= 0.3 is 5.97 Å². The SMILES string of the molecule is COC(=O)C12C[C@@H]3C[C@@H](CC([NH3+])(C3)C1)C2. The summed E-state index contributed by atoms with van der Waals surface area (Å²) in [5.41, 5.74) is 4.42. The van der Waals surface area contributed by atoms with Crippen LogP contribution in [-0.2, 0) is 9.53 Å². The molecule has 0 amide bonds. The minimum Gasteiger partial charge on any atom is -0.469 e. The van der Waals surface area contributed by atoms with Crippen LogP contribution in [0.25, 0.3) is 0 Å². The van der Waals surface area contributed by atoms with Crippen LogP contribution in [0.15, 0.2) is 0 Å². The third-order valence-corrected chi connectivity index (χ3v) is 4.80. The molecule has 0 aromatic carbocycles. The van der Waals surface area contributed by atoms with Gasteiger partial charge in [0.1, 0.15) is 0 Å². The highest BCUT2D eigenvalue weighted by Crippen LogP contribution is 2.60. The molecule has 0 spiro atoms. The second-order valence-electron chi connectivity index (χ2n) is 6.23. The number of carbonyl (C=O) groups excluding carboxylic acids is 1. The summed E-state index contributed by atoms with van der Waals surface area (Å²) in [5, 5.41) is 0. The van der Waals surface area contributed by atoms with Crippen LogP contribution in [0.1, 0.15) is 38.5 Å². The van der Waals surface area contributed by atoms with Crippen LogP contribution >= 0.6 is 0 Å². The smallest absolute Gasteiger partial charge is 0.312 e. The highest BCUT2D eigenvalue weighted by atomic mass is 16.5. The van der Waals surface area contributed by atoms with Gasteiger partial charge in [-0.15, -0.1) is 0 Å². The molecule has 4 fully saturated rings. The molecular formula is C12H20NO2+. The van der Waals surface area contributed by atoms with Gasteiger partial charge in [-0.25, -0.2) is 0 Å². The number of rotatable bonds is 1. The molecule has 0 aromatic heterocycles. The number of quaternary nitrogens is 1. The van der Waals surface area contributed by atoms with Crippen LogP contribution in [0.3, 0.4) is 0 Å². The van der Waals surface area contributed by atoms with Crippen molar-refractivity contribution >= 4 is 5.97 Å². The third kappa shape index (κ3) is 1.25. The number of carbonyl (C=O) groups is 1. The van der Waals surface area contributed by atoms with E-state index in [-0.39, 0.29) is 16.9 Å². The number of ether oxygens (including phenoxy) is 1. The molecule has 0 heterocycles. The zero-order chi connectivity index (χ0) is 10.7. The molecule has 4 aliphatic carbocycles. The molecule has 3 nitrogen and oxygen atoms in total. The average Bonchev–Trinajstić information content (AvgIpc) is 2.12. The van der Waals surface area contributed by atoms with Gasteiger partial charge in [-0.2, -0.15) is 0 Å². The fraction of sp³-hybridized carbons (Fsp3) is 0.917. The quantitative estimate of drug-likeness (QED) is 0.649. The Labute approximate surface area is 90.4 Å². The summed E-state index contributed by atoms with van der Waals surface area (Å²) in [6.07, 6.45) is 6.90. The minimum absolute atomic E-state index is 0.0321. The first-order valence-electron chi connectivity index (χ1n) is 5.99. The highest BCUT2D eigenvalue weighted by Gasteiger charge is 2.61. The Balaban J connectivity index is 1.96. The number of hydrogen-bond donors (Lipinski definition) is 1. The number of methoxy groups -OCH3 is 1. The minimum atomic E-state index is -0.152. The number of esters is 1. The van der Waals surface area contributed by atoms with E-state index >= 15 is 0 Å². The van der Waals surface area contributed by atoms with E-state index in [1.54, 1.807) is 0 Å². The summed E-state index contributed by atoms with van der Waals surface area (Å²) >= 11 is 0.